The summed E-state index contributed by atoms with van der Waals surface area (Å²) in [4.78, 5) is 9.13. The van der Waals surface area contributed by atoms with Crippen molar-refractivity contribution in [2.24, 2.45) is 17.2 Å². The van der Waals surface area contributed by atoms with Crippen LogP contribution in [-0.2, 0) is 17.9 Å². The Labute approximate surface area is 101 Å². The number of nitrogens with zero attached hydrogens (tertiary/aromatic N) is 2. The van der Waals surface area contributed by atoms with Gasteiger partial charge in [0.05, 0.1) is 12.5 Å². The summed E-state index contributed by atoms with van der Waals surface area (Å²) < 4.78 is 4.21. The van der Waals surface area contributed by atoms with Crippen molar-refractivity contribution in [3.8, 4) is 0 Å². The van der Waals surface area contributed by atoms with Gasteiger partial charge in [-0.05, 0) is 13.0 Å². The molecule has 0 amide bonds. The number of imidazole rings is 1. The quantitative estimate of drug-likeness (QED) is 0.453. The lowest BCUT2D eigenvalue weighted by atomic mass is 10.4. The molecule has 0 aromatic carbocycles. The van der Waals surface area contributed by atoms with Crippen LogP contribution in [0.3, 0.4) is 0 Å². The first kappa shape index (κ1) is 15.6. The Morgan fingerprint density at radius 3 is 2.41 bits per heavy atom. The molecule has 1 aromatic rings. The highest BCUT2D eigenvalue weighted by Gasteiger charge is 2.00. The van der Waals surface area contributed by atoms with Crippen LogP contribution in [0.5, 0.6) is 0 Å². The van der Waals surface area contributed by atoms with Gasteiger partial charge in [0.15, 0.2) is 0 Å². The van der Waals surface area contributed by atoms with E-state index in [9.17, 15) is 0 Å². The number of carboxylic acid groups (broad SMARTS) is 1. The largest absolute Gasteiger partial charge is 0.549 e. The standard InChI is InChI=1S/C8H17N4.C2H5NO2/c9-2-1-4-11-6-7-12(8-11)5-3-10;3-1-2(4)5/h6-8H,1-5,9-10H2;1,3H2,(H,4,5)/q+1;/p-1. The lowest BCUT2D eigenvalue weighted by molar-refractivity contribution is -0.696. The van der Waals surface area contributed by atoms with E-state index in [-0.39, 0.29) is 6.54 Å². The second-order valence-corrected chi connectivity index (χ2v) is 3.40. The third-order valence-electron chi connectivity index (χ3n) is 1.92. The fourth-order valence-corrected chi connectivity index (χ4v) is 1.13. The summed E-state index contributed by atoms with van der Waals surface area (Å²) in [7, 11) is 0. The smallest absolute Gasteiger partial charge is 0.243 e. The van der Waals surface area contributed by atoms with Crippen LogP contribution in [0.4, 0.5) is 0 Å². The van der Waals surface area contributed by atoms with Gasteiger partial charge < -0.3 is 27.1 Å². The Balaban J connectivity index is 0.000000437. The maximum Gasteiger partial charge on any atom is 0.243 e. The van der Waals surface area contributed by atoms with Gasteiger partial charge in [-0.15, -0.1) is 0 Å². The molecule has 7 heteroatoms. The first-order valence-corrected chi connectivity index (χ1v) is 5.49. The molecular formula is C10H21N5O2. The van der Waals surface area contributed by atoms with Crippen LogP contribution in [0.2, 0.25) is 0 Å². The molecule has 6 N–H and O–H groups in total. The molecule has 1 rings (SSSR count). The molecule has 0 aliphatic carbocycles. The van der Waals surface area contributed by atoms with Gasteiger partial charge in [0.2, 0.25) is 6.33 Å². The van der Waals surface area contributed by atoms with Crippen LogP contribution >= 0.6 is 0 Å². The van der Waals surface area contributed by atoms with Crippen molar-refractivity contribution in [3.63, 3.8) is 0 Å². The molecule has 0 aliphatic heterocycles. The Morgan fingerprint density at radius 1 is 1.29 bits per heavy atom. The Hall–Kier alpha value is -1.44. The summed E-state index contributed by atoms with van der Waals surface area (Å²) in [6.07, 6.45) is 7.16. The van der Waals surface area contributed by atoms with Gasteiger partial charge in [0.1, 0.15) is 18.9 Å². The summed E-state index contributed by atoms with van der Waals surface area (Å²) in [6, 6.07) is 0. The van der Waals surface area contributed by atoms with Gasteiger partial charge in [0, 0.05) is 13.1 Å². The molecule has 0 aliphatic rings. The van der Waals surface area contributed by atoms with E-state index in [0.29, 0.717) is 6.54 Å². The van der Waals surface area contributed by atoms with Crippen molar-refractivity contribution in [2.75, 3.05) is 19.6 Å². The van der Waals surface area contributed by atoms with Crippen molar-refractivity contribution < 1.29 is 14.5 Å². The van der Waals surface area contributed by atoms with E-state index in [1.54, 1.807) is 0 Å². The van der Waals surface area contributed by atoms with Crippen LogP contribution in [0.25, 0.3) is 0 Å². The molecule has 17 heavy (non-hydrogen) atoms. The highest BCUT2D eigenvalue weighted by Crippen LogP contribution is 1.83. The van der Waals surface area contributed by atoms with Crippen LogP contribution in [0, 0.1) is 0 Å². The van der Waals surface area contributed by atoms with Crippen molar-refractivity contribution >= 4 is 5.97 Å². The van der Waals surface area contributed by atoms with Gasteiger partial charge in [0.25, 0.3) is 0 Å². The summed E-state index contributed by atoms with van der Waals surface area (Å²) in [5.74, 6) is -1.22. The number of aliphatic carboxylic acids is 1. The van der Waals surface area contributed by atoms with Crippen LogP contribution < -0.4 is 26.9 Å². The van der Waals surface area contributed by atoms with E-state index < -0.39 is 5.97 Å². The van der Waals surface area contributed by atoms with Gasteiger partial charge in [-0.25, -0.2) is 9.13 Å². The van der Waals surface area contributed by atoms with E-state index >= 15 is 0 Å². The summed E-state index contributed by atoms with van der Waals surface area (Å²) in [5.41, 5.74) is 15.3. The molecule has 0 radical (unpaired) electrons. The maximum atomic E-state index is 9.13. The zero-order valence-electron chi connectivity index (χ0n) is 9.92. The predicted molar refractivity (Wildman–Crippen MR) is 61.4 cm³/mol. The average Bonchev–Trinajstić information content (AvgIpc) is 2.75. The molecule has 0 unspecified atom stereocenters. The van der Waals surface area contributed by atoms with Crippen molar-refractivity contribution in [3.05, 3.63) is 18.7 Å². The second-order valence-electron chi connectivity index (χ2n) is 3.40. The first-order chi connectivity index (χ1) is 8.13. The van der Waals surface area contributed by atoms with Crippen LogP contribution in [0.1, 0.15) is 6.42 Å². The second kappa shape index (κ2) is 9.76. The number of aromatic nitrogens is 2. The van der Waals surface area contributed by atoms with Gasteiger partial charge in [-0.3, -0.25) is 0 Å². The Morgan fingerprint density at radius 2 is 1.94 bits per heavy atom. The van der Waals surface area contributed by atoms with E-state index in [4.69, 9.17) is 21.4 Å². The zero-order chi connectivity index (χ0) is 13.1. The minimum absolute atomic E-state index is 0.389. The van der Waals surface area contributed by atoms with E-state index in [2.05, 4.69) is 21.2 Å². The Kier molecular flexibility index (Phi) is 8.94. The minimum atomic E-state index is -1.22. The first-order valence-electron chi connectivity index (χ1n) is 5.49. The number of carbonyl (C=O) groups excluding carboxylic acids is 1. The molecule has 0 spiro atoms. The Bertz CT molecular complexity index is 313. The maximum absolute atomic E-state index is 9.13. The lowest BCUT2D eigenvalue weighted by Gasteiger charge is -1.92. The molecule has 0 fully saturated rings. The fourth-order valence-electron chi connectivity index (χ4n) is 1.13. The molecule has 0 saturated carbocycles. The van der Waals surface area contributed by atoms with E-state index in [0.717, 1.165) is 26.1 Å². The summed E-state index contributed by atoms with van der Waals surface area (Å²) >= 11 is 0. The fraction of sp³-hybridized carbons (Fsp3) is 0.600. The molecule has 0 bridgehead atoms. The number of aryl methyl sites for hydroxylation is 1. The lowest BCUT2D eigenvalue weighted by Crippen LogP contribution is -2.32. The number of hydrogen-bond donors (Lipinski definition) is 3. The number of rotatable bonds is 6. The minimum Gasteiger partial charge on any atom is -0.549 e. The average molecular weight is 243 g/mol. The van der Waals surface area contributed by atoms with Crippen molar-refractivity contribution in [1.82, 2.24) is 4.57 Å². The highest BCUT2D eigenvalue weighted by molar-refractivity contribution is 5.66. The van der Waals surface area contributed by atoms with Gasteiger partial charge in [-0.2, -0.15) is 0 Å². The molecule has 1 heterocycles. The SMILES string of the molecule is NCC(=O)[O-].NCCC[n+]1ccn(CCN)c1. The number of carboxylic acids is 1. The van der Waals surface area contributed by atoms with E-state index in [1.165, 1.54) is 0 Å². The molecule has 0 saturated heterocycles. The van der Waals surface area contributed by atoms with Crippen molar-refractivity contribution in [1.29, 1.82) is 0 Å². The predicted octanol–water partition coefficient (Wildman–Crippen LogP) is -3.22. The zero-order valence-corrected chi connectivity index (χ0v) is 9.92. The van der Waals surface area contributed by atoms with Crippen LogP contribution in [-0.4, -0.2) is 30.2 Å². The molecule has 98 valence electrons. The highest BCUT2D eigenvalue weighted by atomic mass is 16.4. The molecule has 0 atom stereocenters. The number of hydrogen-bond acceptors (Lipinski definition) is 5. The monoisotopic (exact) mass is 243 g/mol. The third kappa shape index (κ3) is 8.38. The van der Waals surface area contributed by atoms with Crippen molar-refractivity contribution in [2.45, 2.75) is 19.5 Å². The summed E-state index contributed by atoms with van der Waals surface area (Å²) in [5, 5.41) is 9.13. The number of carbonyl (C=O) groups is 1. The van der Waals surface area contributed by atoms with Gasteiger partial charge >= 0.3 is 0 Å². The summed E-state index contributed by atoms with van der Waals surface area (Å²) in [6.45, 7) is 2.92. The molecular weight excluding hydrogens is 222 g/mol. The topological polar surface area (TPSA) is 127 Å². The van der Waals surface area contributed by atoms with Gasteiger partial charge in [-0.1, -0.05) is 0 Å². The third-order valence-corrected chi connectivity index (χ3v) is 1.92. The normalized spacial score (nSPS) is 9.59. The molecule has 1 aromatic heterocycles. The van der Waals surface area contributed by atoms with E-state index in [1.807, 2.05) is 12.4 Å². The number of nitrogens with two attached hydrogens (primary N) is 3. The molecule has 7 nitrogen and oxygen atoms in total. The van der Waals surface area contributed by atoms with Crippen LogP contribution in [0.15, 0.2) is 18.7 Å².